The number of nitrogens with one attached hydrogen (secondary N) is 1. The standard InChI is InChI=1S/C16H15N5O2/c1-11-3-5-12(6-4-11)16(22)18-13-7-8-15(23-2)14(9-13)21-10-17-19-20-21/h3-10H,1-2H3,(H,18,22). The molecule has 0 saturated heterocycles. The molecule has 0 aliphatic carbocycles. The van der Waals surface area contributed by atoms with E-state index in [4.69, 9.17) is 4.74 Å². The van der Waals surface area contributed by atoms with E-state index in [1.165, 1.54) is 11.0 Å². The Balaban J connectivity index is 1.87. The van der Waals surface area contributed by atoms with Gasteiger partial charge < -0.3 is 10.1 Å². The van der Waals surface area contributed by atoms with E-state index in [0.717, 1.165) is 5.56 Å². The van der Waals surface area contributed by atoms with E-state index >= 15 is 0 Å². The number of tetrazole rings is 1. The first-order valence-corrected chi connectivity index (χ1v) is 6.97. The van der Waals surface area contributed by atoms with Gasteiger partial charge in [0.1, 0.15) is 17.8 Å². The number of amides is 1. The number of benzene rings is 2. The van der Waals surface area contributed by atoms with Crippen molar-refractivity contribution in [2.24, 2.45) is 0 Å². The maximum absolute atomic E-state index is 12.3. The molecule has 7 heteroatoms. The number of rotatable bonds is 4. The Hall–Kier alpha value is -3.22. The van der Waals surface area contributed by atoms with Crippen LogP contribution in [0.3, 0.4) is 0 Å². The third-order valence-corrected chi connectivity index (χ3v) is 3.35. The van der Waals surface area contributed by atoms with Gasteiger partial charge in [0.25, 0.3) is 5.91 Å². The van der Waals surface area contributed by atoms with Gasteiger partial charge in [-0.3, -0.25) is 4.79 Å². The van der Waals surface area contributed by atoms with Crippen LogP contribution in [0.4, 0.5) is 5.69 Å². The molecular formula is C16H15N5O2. The Morgan fingerprint density at radius 3 is 2.61 bits per heavy atom. The third-order valence-electron chi connectivity index (χ3n) is 3.35. The lowest BCUT2D eigenvalue weighted by atomic mass is 10.1. The molecule has 3 aromatic rings. The summed E-state index contributed by atoms with van der Waals surface area (Å²) in [5.41, 5.74) is 2.96. The van der Waals surface area contributed by atoms with Crippen LogP contribution in [0.25, 0.3) is 5.69 Å². The summed E-state index contributed by atoms with van der Waals surface area (Å²) in [5.74, 6) is 0.420. The second-order valence-corrected chi connectivity index (χ2v) is 4.96. The summed E-state index contributed by atoms with van der Waals surface area (Å²) in [6.07, 6.45) is 1.46. The smallest absolute Gasteiger partial charge is 0.255 e. The van der Waals surface area contributed by atoms with Crippen molar-refractivity contribution in [3.63, 3.8) is 0 Å². The molecule has 0 spiro atoms. The Morgan fingerprint density at radius 1 is 1.17 bits per heavy atom. The normalized spacial score (nSPS) is 10.3. The molecule has 0 aliphatic heterocycles. The van der Waals surface area contributed by atoms with Crippen molar-refractivity contribution < 1.29 is 9.53 Å². The number of aromatic nitrogens is 4. The van der Waals surface area contributed by atoms with Gasteiger partial charge >= 0.3 is 0 Å². The molecule has 0 fully saturated rings. The van der Waals surface area contributed by atoms with Crippen molar-refractivity contribution in [2.45, 2.75) is 6.92 Å². The molecular weight excluding hydrogens is 294 g/mol. The van der Waals surface area contributed by atoms with Crippen LogP contribution in [-0.4, -0.2) is 33.2 Å². The highest BCUT2D eigenvalue weighted by Crippen LogP contribution is 2.25. The summed E-state index contributed by atoms with van der Waals surface area (Å²) < 4.78 is 6.77. The molecule has 1 amide bonds. The maximum Gasteiger partial charge on any atom is 0.255 e. The van der Waals surface area contributed by atoms with Gasteiger partial charge in [-0.1, -0.05) is 17.7 Å². The van der Waals surface area contributed by atoms with Gasteiger partial charge in [-0.25, -0.2) is 0 Å². The molecule has 23 heavy (non-hydrogen) atoms. The fraction of sp³-hybridized carbons (Fsp3) is 0.125. The highest BCUT2D eigenvalue weighted by molar-refractivity contribution is 6.04. The second kappa shape index (κ2) is 6.27. The van der Waals surface area contributed by atoms with Crippen LogP contribution in [0, 0.1) is 6.92 Å². The molecule has 116 valence electrons. The predicted octanol–water partition coefficient (Wildman–Crippen LogP) is 2.23. The Kier molecular flexibility index (Phi) is 4.01. The first-order valence-electron chi connectivity index (χ1n) is 6.97. The number of carbonyl (C=O) groups is 1. The lowest BCUT2D eigenvalue weighted by molar-refractivity contribution is 0.102. The number of hydrogen-bond acceptors (Lipinski definition) is 5. The van der Waals surface area contributed by atoms with Gasteiger partial charge in [-0.15, -0.1) is 5.10 Å². The average Bonchev–Trinajstić information content (AvgIpc) is 3.09. The number of ether oxygens (including phenoxy) is 1. The molecule has 0 saturated carbocycles. The highest BCUT2D eigenvalue weighted by Gasteiger charge is 2.11. The van der Waals surface area contributed by atoms with E-state index in [2.05, 4.69) is 20.8 Å². The van der Waals surface area contributed by atoms with Crippen LogP contribution in [0.1, 0.15) is 15.9 Å². The summed E-state index contributed by atoms with van der Waals surface area (Å²) in [7, 11) is 1.56. The Labute approximate surface area is 132 Å². The largest absolute Gasteiger partial charge is 0.494 e. The zero-order chi connectivity index (χ0) is 16.2. The van der Waals surface area contributed by atoms with Gasteiger partial charge in [-0.2, -0.15) is 4.68 Å². The Bertz CT molecular complexity index is 813. The van der Waals surface area contributed by atoms with Gasteiger partial charge in [-0.05, 0) is 47.7 Å². The molecule has 0 radical (unpaired) electrons. The SMILES string of the molecule is COc1ccc(NC(=O)c2ccc(C)cc2)cc1-n1cnnn1. The van der Waals surface area contributed by atoms with Crippen molar-refractivity contribution in [3.05, 3.63) is 59.9 Å². The van der Waals surface area contributed by atoms with E-state index < -0.39 is 0 Å². The van der Waals surface area contributed by atoms with Crippen LogP contribution in [0.5, 0.6) is 5.75 Å². The molecule has 0 unspecified atom stereocenters. The van der Waals surface area contributed by atoms with E-state index in [1.807, 2.05) is 19.1 Å². The fourth-order valence-corrected chi connectivity index (χ4v) is 2.13. The molecule has 1 N–H and O–H groups in total. The fourth-order valence-electron chi connectivity index (χ4n) is 2.13. The molecule has 0 atom stereocenters. The lowest BCUT2D eigenvalue weighted by Crippen LogP contribution is -2.12. The zero-order valence-electron chi connectivity index (χ0n) is 12.7. The van der Waals surface area contributed by atoms with Gasteiger partial charge in [0.2, 0.25) is 0 Å². The van der Waals surface area contributed by atoms with Gasteiger partial charge in [0.15, 0.2) is 0 Å². The summed E-state index contributed by atoms with van der Waals surface area (Å²) in [4.78, 5) is 12.3. The van der Waals surface area contributed by atoms with Crippen molar-refractivity contribution in [3.8, 4) is 11.4 Å². The van der Waals surface area contributed by atoms with Crippen LogP contribution in [0.15, 0.2) is 48.8 Å². The maximum atomic E-state index is 12.3. The summed E-state index contributed by atoms with van der Waals surface area (Å²) in [6.45, 7) is 1.98. The topological polar surface area (TPSA) is 81.9 Å². The van der Waals surface area contributed by atoms with Crippen molar-refractivity contribution in [2.75, 3.05) is 12.4 Å². The zero-order valence-corrected chi connectivity index (χ0v) is 12.7. The Morgan fingerprint density at radius 2 is 1.96 bits per heavy atom. The molecule has 1 heterocycles. The molecule has 2 aromatic carbocycles. The van der Waals surface area contributed by atoms with Crippen LogP contribution in [0.2, 0.25) is 0 Å². The van der Waals surface area contributed by atoms with Crippen molar-refractivity contribution in [1.82, 2.24) is 20.2 Å². The number of aryl methyl sites for hydroxylation is 1. The molecule has 1 aromatic heterocycles. The van der Waals surface area contributed by atoms with Gasteiger partial charge in [0, 0.05) is 11.3 Å². The van der Waals surface area contributed by atoms with E-state index in [9.17, 15) is 4.79 Å². The van der Waals surface area contributed by atoms with E-state index in [0.29, 0.717) is 22.7 Å². The average molecular weight is 309 g/mol. The minimum absolute atomic E-state index is 0.183. The number of carbonyl (C=O) groups excluding carboxylic acids is 1. The van der Waals surface area contributed by atoms with Crippen molar-refractivity contribution in [1.29, 1.82) is 0 Å². The molecule has 3 rings (SSSR count). The summed E-state index contributed by atoms with van der Waals surface area (Å²) in [5, 5.41) is 13.9. The monoisotopic (exact) mass is 309 g/mol. The minimum atomic E-state index is -0.183. The minimum Gasteiger partial charge on any atom is -0.494 e. The van der Waals surface area contributed by atoms with E-state index in [1.54, 1.807) is 37.4 Å². The quantitative estimate of drug-likeness (QED) is 0.799. The first kappa shape index (κ1) is 14.7. The number of methoxy groups -OCH3 is 1. The molecule has 0 bridgehead atoms. The van der Waals surface area contributed by atoms with Gasteiger partial charge in [0.05, 0.1) is 7.11 Å². The predicted molar refractivity (Wildman–Crippen MR) is 84.8 cm³/mol. The number of anilines is 1. The van der Waals surface area contributed by atoms with Crippen LogP contribution in [-0.2, 0) is 0 Å². The summed E-state index contributed by atoms with van der Waals surface area (Å²) >= 11 is 0. The molecule has 0 aliphatic rings. The van der Waals surface area contributed by atoms with Crippen LogP contribution >= 0.6 is 0 Å². The molecule has 7 nitrogen and oxygen atoms in total. The number of nitrogens with zero attached hydrogens (tertiary/aromatic N) is 4. The lowest BCUT2D eigenvalue weighted by Gasteiger charge is -2.11. The highest BCUT2D eigenvalue weighted by atomic mass is 16.5. The van der Waals surface area contributed by atoms with Crippen molar-refractivity contribution >= 4 is 11.6 Å². The number of hydrogen-bond donors (Lipinski definition) is 1. The summed E-state index contributed by atoms with van der Waals surface area (Å²) in [6, 6.07) is 12.6. The van der Waals surface area contributed by atoms with Crippen LogP contribution < -0.4 is 10.1 Å². The second-order valence-electron chi connectivity index (χ2n) is 4.96. The first-order chi connectivity index (χ1) is 11.2. The third kappa shape index (κ3) is 3.18. The van der Waals surface area contributed by atoms with E-state index in [-0.39, 0.29) is 5.91 Å².